The topological polar surface area (TPSA) is 94.6 Å². The Bertz CT molecular complexity index is 1160. The van der Waals surface area contributed by atoms with E-state index >= 15 is 0 Å². The van der Waals surface area contributed by atoms with Gasteiger partial charge in [-0.25, -0.2) is 8.78 Å². The van der Waals surface area contributed by atoms with Crippen LogP contribution in [0.1, 0.15) is 29.5 Å². The van der Waals surface area contributed by atoms with E-state index in [0.29, 0.717) is 23.4 Å². The smallest absolute Gasteiger partial charge is 0.258 e. The molecule has 1 fully saturated rings. The zero-order chi connectivity index (χ0) is 23.7. The van der Waals surface area contributed by atoms with E-state index in [9.17, 15) is 13.6 Å². The summed E-state index contributed by atoms with van der Waals surface area (Å²) in [5.41, 5.74) is 7.31. The highest BCUT2D eigenvalue weighted by Crippen LogP contribution is 2.34. The zero-order valence-corrected chi connectivity index (χ0v) is 18.4. The summed E-state index contributed by atoms with van der Waals surface area (Å²) in [6.45, 7) is 1.33. The molecule has 1 amide bonds. The van der Waals surface area contributed by atoms with E-state index in [0.717, 1.165) is 19.4 Å². The SMILES string of the molecule is COc1ccc(C2=C(c3ccc(C#N)c(F)c3)NC(N3CCC[C@@H](N)C3)N(C)C2=O)cc1F. The van der Waals surface area contributed by atoms with Crippen molar-refractivity contribution < 1.29 is 18.3 Å². The van der Waals surface area contributed by atoms with Gasteiger partial charge >= 0.3 is 0 Å². The first kappa shape index (κ1) is 22.7. The first-order valence-electron chi connectivity index (χ1n) is 10.7. The van der Waals surface area contributed by atoms with Crippen molar-refractivity contribution in [3.63, 3.8) is 0 Å². The van der Waals surface area contributed by atoms with Crippen LogP contribution in [0, 0.1) is 23.0 Å². The highest BCUT2D eigenvalue weighted by atomic mass is 19.1. The monoisotopic (exact) mass is 453 g/mol. The van der Waals surface area contributed by atoms with Gasteiger partial charge in [-0.2, -0.15) is 5.26 Å². The normalized spacial score (nSPS) is 21.6. The van der Waals surface area contributed by atoms with Crippen LogP contribution in [0.5, 0.6) is 5.75 Å². The molecule has 2 aliphatic rings. The molecule has 33 heavy (non-hydrogen) atoms. The van der Waals surface area contributed by atoms with Gasteiger partial charge in [0.1, 0.15) is 11.9 Å². The van der Waals surface area contributed by atoms with Crippen LogP contribution in [0.2, 0.25) is 0 Å². The number of carbonyl (C=O) groups is 1. The standard InChI is InChI=1S/C24H25F2N5O2/c1-30-23(32)21(14-7-8-20(33-2)19(26)10-14)22(15-5-6-16(12-27)18(25)11-15)29-24(30)31-9-3-4-17(28)13-31/h5-8,10-11,17,24,29H,3-4,9,13,28H2,1-2H3/t17-,24?/m1/s1. The fourth-order valence-electron chi connectivity index (χ4n) is 4.37. The zero-order valence-electron chi connectivity index (χ0n) is 18.4. The lowest BCUT2D eigenvalue weighted by atomic mass is 9.95. The average Bonchev–Trinajstić information content (AvgIpc) is 2.80. The second kappa shape index (κ2) is 9.17. The van der Waals surface area contributed by atoms with Gasteiger partial charge in [0.05, 0.1) is 23.9 Å². The Kier molecular flexibility index (Phi) is 6.31. The van der Waals surface area contributed by atoms with E-state index in [4.69, 9.17) is 15.7 Å². The molecule has 2 heterocycles. The molecule has 0 aliphatic carbocycles. The molecule has 1 unspecified atom stereocenters. The van der Waals surface area contributed by atoms with E-state index in [-0.39, 0.29) is 28.8 Å². The number of methoxy groups -OCH3 is 1. The minimum absolute atomic E-state index is 0.0130. The number of nitrogens with two attached hydrogens (primary N) is 1. The van der Waals surface area contributed by atoms with Crippen molar-refractivity contribution in [3.05, 3.63) is 64.7 Å². The molecule has 172 valence electrons. The molecule has 3 N–H and O–H groups in total. The molecule has 4 rings (SSSR count). The van der Waals surface area contributed by atoms with Crippen LogP contribution >= 0.6 is 0 Å². The second-order valence-electron chi connectivity index (χ2n) is 8.24. The molecule has 1 saturated heterocycles. The molecule has 9 heteroatoms. The summed E-state index contributed by atoms with van der Waals surface area (Å²) in [6.07, 6.45) is 1.29. The van der Waals surface area contributed by atoms with Crippen LogP contribution in [-0.2, 0) is 4.79 Å². The molecule has 0 radical (unpaired) electrons. The molecular formula is C24H25F2N5O2. The molecule has 2 atom stereocenters. The van der Waals surface area contributed by atoms with Crippen molar-refractivity contribution in [2.45, 2.75) is 25.2 Å². The summed E-state index contributed by atoms with van der Waals surface area (Å²) in [5.74, 6) is -1.61. The maximum Gasteiger partial charge on any atom is 0.258 e. The van der Waals surface area contributed by atoms with Crippen LogP contribution in [0.3, 0.4) is 0 Å². The van der Waals surface area contributed by atoms with E-state index in [1.54, 1.807) is 30.1 Å². The summed E-state index contributed by atoms with van der Waals surface area (Å²) in [6, 6.07) is 10.2. The average molecular weight is 453 g/mol. The summed E-state index contributed by atoms with van der Waals surface area (Å²) in [5, 5.41) is 12.4. The van der Waals surface area contributed by atoms with Crippen LogP contribution in [0.15, 0.2) is 36.4 Å². The van der Waals surface area contributed by atoms with Crippen LogP contribution in [0.4, 0.5) is 8.78 Å². The van der Waals surface area contributed by atoms with Gasteiger partial charge < -0.3 is 20.7 Å². The number of nitrogens with zero attached hydrogens (tertiary/aromatic N) is 3. The summed E-state index contributed by atoms with van der Waals surface area (Å²) in [7, 11) is 3.02. The van der Waals surface area contributed by atoms with Crippen molar-refractivity contribution in [1.29, 1.82) is 5.26 Å². The lowest BCUT2D eigenvalue weighted by molar-refractivity contribution is -0.131. The van der Waals surface area contributed by atoms with Gasteiger partial charge in [0.25, 0.3) is 5.91 Å². The van der Waals surface area contributed by atoms with Gasteiger partial charge in [0.15, 0.2) is 17.9 Å². The van der Waals surface area contributed by atoms with Crippen LogP contribution in [-0.4, -0.2) is 55.3 Å². The summed E-state index contributed by atoms with van der Waals surface area (Å²) >= 11 is 0. The fraction of sp³-hybridized carbons (Fsp3) is 0.333. The van der Waals surface area contributed by atoms with Gasteiger partial charge in [-0.1, -0.05) is 12.1 Å². The summed E-state index contributed by atoms with van der Waals surface area (Å²) < 4.78 is 34.0. The minimum atomic E-state index is -0.701. The van der Waals surface area contributed by atoms with Gasteiger partial charge in [-0.3, -0.25) is 9.69 Å². The predicted octanol–water partition coefficient (Wildman–Crippen LogP) is 2.48. The molecule has 0 bridgehead atoms. The third-order valence-electron chi connectivity index (χ3n) is 6.08. The number of nitrogens with one attached hydrogen (secondary N) is 1. The Balaban J connectivity index is 1.86. The number of likely N-dealkylation sites (N-methyl/N-ethyl adjacent to an activating group) is 1. The molecule has 0 saturated carbocycles. The molecule has 0 spiro atoms. The first-order valence-corrected chi connectivity index (χ1v) is 10.7. The van der Waals surface area contributed by atoms with E-state index in [1.165, 1.54) is 31.4 Å². The largest absolute Gasteiger partial charge is 0.494 e. The number of likely N-dealkylation sites (tertiary alicyclic amines) is 1. The maximum absolute atomic E-state index is 14.5. The lowest BCUT2D eigenvalue weighted by Crippen LogP contribution is -2.62. The minimum Gasteiger partial charge on any atom is -0.494 e. The lowest BCUT2D eigenvalue weighted by Gasteiger charge is -2.45. The number of ether oxygens (including phenoxy) is 1. The number of halogens is 2. The van der Waals surface area contributed by atoms with Crippen molar-refractivity contribution in [2.24, 2.45) is 5.73 Å². The van der Waals surface area contributed by atoms with E-state index in [2.05, 4.69) is 10.2 Å². The van der Waals surface area contributed by atoms with Gasteiger partial charge in [-0.15, -0.1) is 0 Å². The quantitative estimate of drug-likeness (QED) is 0.739. The third-order valence-corrected chi connectivity index (χ3v) is 6.08. The number of piperidine rings is 1. The molecule has 0 aromatic heterocycles. The summed E-state index contributed by atoms with van der Waals surface area (Å²) in [4.78, 5) is 17.2. The van der Waals surface area contributed by atoms with Crippen LogP contribution < -0.4 is 15.8 Å². The third kappa shape index (κ3) is 4.27. The van der Waals surface area contributed by atoms with Gasteiger partial charge in [-0.05, 0) is 42.7 Å². The highest BCUT2D eigenvalue weighted by Gasteiger charge is 2.37. The molecule has 2 aromatic carbocycles. The second-order valence-corrected chi connectivity index (χ2v) is 8.24. The number of carbonyl (C=O) groups excluding carboxylic acids is 1. The molecule has 2 aliphatic heterocycles. The predicted molar refractivity (Wildman–Crippen MR) is 119 cm³/mol. The number of amides is 1. The number of benzene rings is 2. The highest BCUT2D eigenvalue weighted by molar-refractivity contribution is 6.27. The Labute approximate surface area is 191 Å². The molecule has 2 aromatic rings. The molecule has 7 nitrogen and oxygen atoms in total. The fourth-order valence-corrected chi connectivity index (χ4v) is 4.37. The van der Waals surface area contributed by atoms with E-state index in [1.807, 2.05) is 0 Å². The number of hydrogen-bond acceptors (Lipinski definition) is 6. The molecular weight excluding hydrogens is 428 g/mol. The van der Waals surface area contributed by atoms with Crippen molar-refractivity contribution >= 4 is 17.2 Å². The first-order chi connectivity index (χ1) is 15.8. The Hall–Kier alpha value is -3.48. The van der Waals surface area contributed by atoms with Crippen molar-refractivity contribution in [2.75, 3.05) is 27.2 Å². The van der Waals surface area contributed by atoms with E-state index < -0.39 is 17.9 Å². The number of rotatable bonds is 4. The van der Waals surface area contributed by atoms with Gasteiger partial charge in [0, 0.05) is 31.7 Å². The number of nitriles is 1. The Morgan fingerprint density at radius 3 is 2.55 bits per heavy atom. The van der Waals surface area contributed by atoms with Crippen molar-refractivity contribution in [3.8, 4) is 11.8 Å². The number of hydrogen-bond donors (Lipinski definition) is 2. The Morgan fingerprint density at radius 1 is 1.18 bits per heavy atom. The maximum atomic E-state index is 14.5. The van der Waals surface area contributed by atoms with Gasteiger partial charge in [0.2, 0.25) is 0 Å². The van der Waals surface area contributed by atoms with Crippen LogP contribution in [0.25, 0.3) is 11.3 Å². The Morgan fingerprint density at radius 2 is 1.91 bits per heavy atom. The van der Waals surface area contributed by atoms with Crippen molar-refractivity contribution in [1.82, 2.24) is 15.1 Å².